The SMILES string of the molecule is COc1ccc(S(=O)(=O)NC2CCC(C)CC2C)c(N)c1. The molecule has 1 saturated carbocycles. The van der Waals surface area contributed by atoms with Crippen molar-refractivity contribution in [2.75, 3.05) is 12.8 Å². The first-order valence-corrected chi connectivity index (χ1v) is 8.77. The van der Waals surface area contributed by atoms with Crippen molar-refractivity contribution in [2.24, 2.45) is 11.8 Å². The van der Waals surface area contributed by atoms with Gasteiger partial charge in [0.1, 0.15) is 10.6 Å². The minimum Gasteiger partial charge on any atom is -0.497 e. The van der Waals surface area contributed by atoms with Gasteiger partial charge in [0.05, 0.1) is 12.8 Å². The quantitative estimate of drug-likeness (QED) is 0.836. The number of hydrogen-bond donors (Lipinski definition) is 2. The molecule has 1 fully saturated rings. The number of hydrogen-bond acceptors (Lipinski definition) is 4. The summed E-state index contributed by atoms with van der Waals surface area (Å²) in [6.45, 7) is 4.31. The molecule has 21 heavy (non-hydrogen) atoms. The molecule has 3 unspecified atom stereocenters. The minimum absolute atomic E-state index is 0.0206. The first-order chi connectivity index (χ1) is 9.83. The van der Waals surface area contributed by atoms with Crippen molar-refractivity contribution in [3.8, 4) is 5.75 Å². The fraction of sp³-hybridized carbons (Fsp3) is 0.600. The van der Waals surface area contributed by atoms with E-state index >= 15 is 0 Å². The number of nitrogens with two attached hydrogens (primary N) is 1. The van der Waals surface area contributed by atoms with Gasteiger partial charge >= 0.3 is 0 Å². The van der Waals surface area contributed by atoms with Crippen LogP contribution in [0.4, 0.5) is 5.69 Å². The molecule has 118 valence electrons. The van der Waals surface area contributed by atoms with Gasteiger partial charge in [-0.1, -0.05) is 13.8 Å². The summed E-state index contributed by atoms with van der Waals surface area (Å²) in [5, 5.41) is 0. The number of rotatable bonds is 4. The Labute approximate surface area is 126 Å². The third-order valence-electron chi connectivity index (χ3n) is 4.24. The summed E-state index contributed by atoms with van der Waals surface area (Å²) in [5.41, 5.74) is 6.05. The fourth-order valence-electron chi connectivity index (χ4n) is 3.00. The van der Waals surface area contributed by atoms with Gasteiger partial charge in [0.25, 0.3) is 0 Å². The summed E-state index contributed by atoms with van der Waals surface area (Å²) in [5.74, 6) is 1.54. The fourth-order valence-corrected chi connectivity index (χ4v) is 4.49. The van der Waals surface area contributed by atoms with Crippen LogP contribution in [0.5, 0.6) is 5.75 Å². The van der Waals surface area contributed by atoms with Gasteiger partial charge < -0.3 is 10.5 Å². The van der Waals surface area contributed by atoms with Crippen LogP contribution in [-0.2, 0) is 10.0 Å². The zero-order chi connectivity index (χ0) is 15.6. The number of ether oxygens (including phenoxy) is 1. The van der Waals surface area contributed by atoms with Crippen LogP contribution in [0.15, 0.2) is 23.1 Å². The Kier molecular flexibility index (Phi) is 4.78. The van der Waals surface area contributed by atoms with Crippen molar-refractivity contribution in [3.05, 3.63) is 18.2 Å². The summed E-state index contributed by atoms with van der Waals surface area (Å²) in [6, 6.07) is 4.61. The Morgan fingerprint density at radius 1 is 1.29 bits per heavy atom. The van der Waals surface area contributed by atoms with E-state index < -0.39 is 10.0 Å². The smallest absolute Gasteiger partial charge is 0.242 e. The Morgan fingerprint density at radius 2 is 2.00 bits per heavy atom. The van der Waals surface area contributed by atoms with Crippen molar-refractivity contribution < 1.29 is 13.2 Å². The highest BCUT2D eigenvalue weighted by Crippen LogP contribution is 2.30. The molecule has 3 atom stereocenters. The molecule has 1 aromatic rings. The molecule has 0 amide bonds. The van der Waals surface area contributed by atoms with E-state index in [1.54, 1.807) is 6.07 Å². The molecule has 0 saturated heterocycles. The van der Waals surface area contributed by atoms with Crippen LogP contribution in [0.25, 0.3) is 0 Å². The van der Waals surface area contributed by atoms with Crippen LogP contribution in [0, 0.1) is 11.8 Å². The van der Waals surface area contributed by atoms with Crippen LogP contribution in [0.1, 0.15) is 33.1 Å². The van der Waals surface area contributed by atoms with E-state index in [4.69, 9.17) is 10.5 Å². The second kappa shape index (κ2) is 6.23. The maximum atomic E-state index is 12.5. The molecular formula is C15H24N2O3S. The Bertz CT molecular complexity index is 601. The zero-order valence-electron chi connectivity index (χ0n) is 12.8. The normalized spacial score (nSPS) is 26.5. The molecule has 1 aliphatic rings. The van der Waals surface area contributed by atoms with E-state index in [-0.39, 0.29) is 16.6 Å². The van der Waals surface area contributed by atoms with Crippen LogP contribution in [0.2, 0.25) is 0 Å². The molecule has 0 spiro atoms. The van der Waals surface area contributed by atoms with Crippen molar-refractivity contribution >= 4 is 15.7 Å². The predicted molar refractivity (Wildman–Crippen MR) is 83.7 cm³/mol. The topological polar surface area (TPSA) is 81.4 Å². The molecule has 6 heteroatoms. The van der Waals surface area contributed by atoms with Crippen molar-refractivity contribution in [1.82, 2.24) is 4.72 Å². The van der Waals surface area contributed by atoms with Gasteiger partial charge in [-0.15, -0.1) is 0 Å². The van der Waals surface area contributed by atoms with E-state index in [1.807, 2.05) is 0 Å². The van der Waals surface area contributed by atoms with E-state index in [0.717, 1.165) is 19.3 Å². The van der Waals surface area contributed by atoms with Gasteiger partial charge in [-0.3, -0.25) is 0 Å². The summed E-state index contributed by atoms with van der Waals surface area (Å²) in [4.78, 5) is 0.120. The van der Waals surface area contributed by atoms with Crippen LogP contribution < -0.4 is 15.2 Å². The molecule has 1 aromatic carbocycles. The molecule has 0 heterocycles. The lowest BCUT2D eigenvalue weighted by atomic mass is 9.80. The van der Waals surface area contributed by atoms with Crippen LogP contribution in [-0.4, -0.2) is 21.6 Å². The standard InChI is InChI=1S/C15H24N2O3S/c1-10-4-6-14(11(2)8-10)17-21(18,19)15-7-5-12(20-3)9-13(15)16/h5,7,9-11,14,17H,4,6,8,16H2,1-3H3. The Morgan fingerprint density at radius 3 is 2.57 bits per heavy atom. The molecule has 2 rings (SSSR count). The minimum atomic E-state index is -3.60. The number of nitrogen functional groups attached to an aromatic ring is 1. The molecule has 0 aromatic heterocycles. The van der Waals surface area contributed by atoms with E-state index in [1.165, 1.54) is 19.2 Å². The first kappa shape index (κ1) is 16.1. The number of methoxy groups -OCH3 is 1. The molecule has 0 aliphatic heterocycles. The summed E-state index contributed by atoms with van der Waals surface area (Å²) in [7, 11) is -2.08. The van der Waals surface area contributed by atoms with Gasteiger partial charge in [0.15, 0.2) is 0 Å². The second-order valence-electron chi connectivity index (χ2n) is 6.03. The highest BCUT2D eigenvalue weighted by molar-refractivity contribution is 7.89. The molecule has 3 N–H and O–H groups in total. The summed E-state index contributed by atoms with van der Waals surface area (Å²) >= 11 is 0. The first-order valence-electron chi connectivity index (χ1n) is 7.29. The van der Waals surface area contributed by atoms with E-state index in [2.05, 4.69) is 18.6 Å². The van der Waals surface area contributed by atoms with Crippen LogP contribution >= 0.6 is 0 Å². The Hall–Kier alpha value is -1.27. The van der Waals surface area contributed by atoms with Gasteiger partial charge in [0.2, 0.25) is 10.0 Å². The van der Waals surface area contributed by atoms with Gasteiger partial charge in [-0.2, -0.15) is 0 Å². The van der Waals surface area contributed by atoms with Gasteiger partial charge in [-0.25, -0.2) is 13.1 Å². The molecule has 0 bridgehead atoms. The summed E-state index contributed by atoms with van der Waals surface area (Å²) in [6.07, 6.45) is 2.97. The van der Waals surface area contributed by atoms with Crippen molar-refractivity contribution in [1.29, 1.82) is 0 Å². The zero-order valence-corrected chi connectivity index (χ0v) is 13.6. The highest BCUT2D eigenvalue weighted by atomic mass is 32.2. The van der Waals surface area contributed by atoms with Gasteiger partial charge in [-0.05, 0) is 43.2 Å². The van der Waals surface area contributed by atoms with Gasteiger partial charge in [0, 0.05) is 12.1 Å². The van der Waals surface area contributed by atoms with Crippen molar-refractivity contribution in [2.45, 2.75) is 44.0 Å². The monoisotopic (exact) mass is 312 g/mol. The maximum Gasteiger partial charge on any atom is 0.242 e. The summed E-state index contributed by atoms with van der Waals surface area (Å²) < 4.78 is 32.9. The molecule has 1 aliphatic carbocycles. The lowest BCUT2D eigenvalue weighted by molar-refractivity contribution is 0.249. The number of sulfonamides is 1. The van der Waals surface area contributed by atoms with Crippen LogP contribution in [0.3, 0.4) is 0 Å². The average molecular weight is 312 g/mol. The average Bonchev–Trinajstić information content (AvgIpc) is 2.41. The number of nitrogens with one attached hydrogen (secondary N) is 1. The van der Waals surface area contributed by atoms with E-state index in [0.29, 0.717) is 17.6 Å². The molecular weight excluding hydrogens is 288 g/mol. The Balaban J connectivity index is 2.19. The number of anilines is 1. The van der Waals surface area contributed by atoms with E-state index in [9.17, 15) is 8.42 Å². The lowest BCUT2D eigenvalue weighted by Crippen LogP contribution is -2.42. The maximum absolute atomic E-state index is 12.5. The molecule has 0 radical (unpaired) electrons. The molecule has 5 nitrogen and oxygen atoms in total. The predicted octanol–water partition coefficient (Wildman–Crippen LogP) is 2.38. The third-order valence-corrected chi connectivity index (χ3v) is 5.81. The third kappa shape index (κ3) is 3.68. The highest BCUT2D eigenvalue weighted by Gasteiger charge is 2.30. The lowest BCUT2D eigenvalue weighted by Gasteiger charge is -2.33. The van der Waals surface area contributed by atoms with Crippen molar-refractivity contribution in [3.63, 3.8) is 0 Å². The second-order valence-corrected chi connectivity index (χ2v) is 7.71. The number of benzene rings is 1. The largest absolute Gasteiger partial charge is 0.497 e.